The van der Waals surface area contributed by atoms with Crippen LogP contribution in [0.2, 0.25) is 0 Å². The van der Waals surface area contributed by atoms with Gasteiger partial charge in [0.2, 0.25) is 5.91 Å². The highest BCUT2D eigenvalue weighted by Crippen LogP contribution is 2.13. The Morgan fingerprint density at radius 1 is 1.14 bits per heavy atom. The van der Waals surface area contributed by atoms with Crippen molar-refractivity contribution in [2.24, 2.45) is 0 Å². The zero-order valence-electron chi connectivity index (χ0n) is 15.7. The molecule has 1 unspecified atom stereocenters. The second-order valence-corrected chi connectivity index (χ2v) is 6.63. The summed E-state index contributed by atoms with van der Waals surface area (Å²) in [6, 6.07) is 15.8. The molecule has 1 aliphatic rings. The maximum absolute atomic E-state index is 12.4. The van der Waals surface area contributed by atoms with E-state index in [0.717, 1.165) is 21.8 Å². The van der Waals surface area contributed by atoms with Crippen molar-refractivity contribution in [3.63, 3.8) is 0 Å². The highest BCUT2D eigenvalue weighted by molar-refractivity contribution is 6.06. The lowest BCUT2D eigenvalue weighted by atomic mass is 10.1. The monoisotopic (exact) mass is 381 g/mol. The van der Waals surface area contributed by atoms with E-state index in [9.17, 15) is 14.4 Å². The van der Waals surface area contributed by atoms with Gasteiger partial charge in [0.05, 0.1) is 6.54 Å². The zero-order valence-corrected chi connectivity index (χ0v) is 15.7. The Balaban J connectivity index is 1.43. The minimum Gasteiger partial charge on any atom is -0.492 e. The van der Waals surface area contributed by atoms with Gasteiger partial charge in [0.15, 0.2) is 0 Å². The Kier molecular flexibility index (Phi) is 6.26. The summed E-state index contributed by atoms with van der Waals surface area (Å²) in [4.78, 5) is 37.5. The fraction of sp³-hybridized carbons (Fsp3) is 0.286. The summed E-state index contributed by atoms with van der Waals surface area (Å²) in [5.41, 5.74) is 2.03. The molecule has 1 atom stereocenters. The number of rotatable bonds is 8. The molecule has 1 saturated heterocycles. The third-order valence-electron chi connectivity index (χ3n) is 4.37. The summed E-state index contributed by atoms with van der Waals surface area (Å²) in [6.07, 6.45) is 0.397. The third kappa shape index (κ3) is 5.09. The average Bonchev–Trinajstić information content (AvgIpc) is 2.93. The Bertz CT molecular complexity index is 854. The van der Waals surface area contributed by atoms with Crippen LogP contribution in [0, 0.1) is 6.92 Å². The molecule has 4 amide bonds. The summed E-state index contributed by atoms with van der Waals surface area (Å²) >= 11 is 0. The van der Waals surface area contributed by atoms with Crippen molar-refractivity contribution in [2.45, 2.75) is 19.4 Å². The van der Waals surface area contributed by atoms with Gasteiger partial charge >= 0.3 is 6.03 Å². The number of carbonyl (C=O) groups excluding carboxylic acids is 3. The van der Waals surface area contributed by atoms with Crippen LogP contribution in [0.3, 0.4) is 0 Å². The quantitative estimate of drug-likeness (QED) is 0.538. The highest BCUT2D eigenvalue weighted by Gasteiger charge is 2.38. The molecule has 0 bridgehead atoms. The van der Waals surface area contributed by atoms with Gasteiger partial charge in [-0.25, -0.2) is 4.79 Å². The van der Waals surface area contributed by atoms with Crippen molar-refractivity contribution < 1.29 is 19.1 Å². The molecule has 0 saturated carbocycles. The number of amides is 4. The molecular weight excluding hydrogens is 358 g/mol. The maximum atomic E-state index is 12.4. The molecule has 7 nitrogen and oxygen atoms in total. The molecule has 2 aromatic rings. The summed E-state index contributed by atoms with van der Waals surface area (Å²) in [7, 11) is 0. The largest absolute Gasteiger partial charge is 0.492 e. The number of urea groups is 1. The number of carbonyl (C=O) groups is 3. The van der Waals surface area contributed by atoms with Crippen LogP contribution in [0.25, 0.3) is 0 Å². The number of nitrogens with zero attached hydrogens (tertiary/aromatic N) is 1. The molecule has 28 heavy (non-hydrogen) atoms. The maximum Gasteiger partial charge on any atom is 0.325 e. The van der Waals surface area contributed by atoms with E-state index in [1.165, 1.54) is 0 Å². The number of nitrogens with one attached hydrogen (secondary N) is 2. The van der Waals surface area contributed by atoms with Crippen molar-refractivity contribution in [3.8, 4) is 5.75 Å². The van der Waals surface area contributed by atoms with Gasteiger partial charge in [-0.2, -0.15) is 0 Å². The average molecular weight is 381 g/mol. The van der Waals surface area contributed by atoms with E-state index < -0.39 is 18.0 Å². The summed E-state index contributed by atoms with van der Waals surface area (Å²) < 4.78 is 5.56. The van der Waals surface area contributed by atoms with E-state index in [2.05, 4.69) is 10.6 Å². The number of ether oxygens (including phenoxy) is 1. The van der Waals surface area contributed by atoms with Crippen molar-refractivity contribution in [3.05, 3.63) is 65.7 Å². The van der Waals surface area contributed by atoms with Crippen molar-refractivity contribution in [1.29, 1.82) is 0 Å². The second-order valence-electron chi connectivity index (χ2n) is 6.63. The molecule has 1 aliphatic heterocycles. The molecule has 0 aromatic heterocycles. The number of hydrogen-bond donors (Lipinski definition) is 2. The van der Waals surface area contributed by atoms with Gasteiger partial charge in [0, 0.05) is 6.42 Å². The highest BCUT2D eigenvalue weighted by atomic mass is 16.5. The van der Waals surface area contributed by atoms with Crippen LogP contribution in [0.1, 0.15) is 11.1 Å². The normalized spacial score (nSPS) is 16.0. The smallest absolute Gasteiger partial charge is 0.325 e. The summed E-state index contributed by atoms with van der Waals surface area (Å²) in [6.45, 7) is 2.24. The molecular formula is C21H23N3O4. The first-order valence-corrected chi connectivity index (χ1v) is 9.15. The summed E-state index contributed by atoms with van der Waals surface area (Å²) in [5.74, 6) is -0.0659. The number of benzene rings is 2. The van der Waals surface area contributed by atoms with E-state index in [1.54, 1.807) is 0 Å². The zero-order chi connectivity index (χ0) is 19.9. The lowest BCUT2D eigenvalue weighted by Crippen LogP contribution is -2.42. The Labute approximate surface area is 163 Å². The lowest BCUT2D eigenvalue weighted by Gasteiger charge is -2.13. The number of imide groups is 1. The molecule has 1 heterocycles. The number of aryl methyl sites for hydroxylation is 1. The fourth-order valence-corrected chi connectivity index (χ4v) is 2.98. The predicted molar refractivity (Wildman–Crippen MR) is 104 cm³/mol. The van der Waals surface area contributed by atoms with E-state index in [-0.39, 0.29) is 19.0 Å². The van der Waals surface area contributed by atoms with Crippen molar-refractivity contribution in [2.75, 3.05) is 19.7 Å². The van der Waals surface area contributed by atoms with Gasteiger partial charge in [-0.1, -0.05) is 42.5 Å². The van der Waals surface area contributed by atoms with Gasteiger partial charge in [-0.3, -0.25) is 14.5 Å². The van der Waals surface area contributed by atoms with Crippen molar-refractivity contribution in [1.82, 2.24) is 15.5 Å². The van der Waals surface area contributed by atoms with Crippen LogP contribution in [0.4, 0.5) is 4.79 Å². The fourth-order valence-electron chi connectivity index (χ4n) is 2.98. The molecule has 7 heteroatoms. The van der Waals surface area contributed by atoms with Gasteiger partial charge in [-0.15, -0.1) is 0 Å². The van der Waals surface area contributed by atoms with E-state index in [0.29, 0.717) is 13.0 Å². The lowest BCUT2D eigenvalue weighted by molar-refractivity contribution is -0.132. The van der Waals surface area contributed by atoms with Crippen LogP contribution in [-0.2, 0) is 16.0 Å². The minimum atomic E-state index is -0.646. The second kappa shape index (κ2) is 9.03. The van der Waals surface area contributed by atoms with Crippen LogP contribution < -0.4 is 15.4 Å². The minimum absolute atomic E-state index is 0.282. The first kappa shape index (κ1) is 19.4. The van der Waals surface area contributed by atoms with Crippen LogP contribution in [-0.4, -0.2) is 48.5 Å². The van der Waals surface area contributed by atoms with E-state index in [4.69, 9.17) is 4.74 Å². The number of hydrogen-bond acceptors (Lipinski definition) is 4. The molecule has 0 spiro atoms. The topological polar surface area (TPSA) is 87.7 Å². The van der Waals surface area contributed by atoms with Gasteiger partial charge in [0.25, 0.3) is 5.91 Å². The van der Waals surface area contributed by atoms with Crippen LogP contribution >= 0.6 is 0 Å². The SMILES string of the molecule is Cc1cccc(OCCNC(=O)CN2C(=O)NC(Cc3ccccc3)C2=O)c1. The molecule has 0 radical (unpaired) electrons. The summed E-state index contributed by atoms with van der Waals surface area (Å²) in [5, 5.41) is 5.30. The van der Waals surface area contributed by atoms with Crippen molar-refractivity contribution >= 4 is 17.8 Å². The molecule has 1 fully saturated rings. The van der Waals surface area contributed by atoms with Gasteiger partial charge in [-0.05, 0) is 30.2 Å². The van der Waals surface area contributed by atoms with E-state index >= 15 is 0 Å². The van der Waals surface area contributed by atoms with Crippen LogP contribution in [0.15, 0.2) is 54.6 Å². The van der Waals surface area contributed by atoms with Gasteiger partial charge in [0.1, 0.15) is 24.9 Å². The standard InChI is InChI=1S/C21H23N3O4/c1-15-6-5-9-17(12-15)28-11-10-22-19(25)14-24-20(26)18(23-21(24)27)13-16-7-3-2-4-8-16/h2-9,12,18H,10-11,13-14H2,1H3,(H,22,25)(H,23,27). The van der Waals surface area contributed by atoms with Crippen LogP contribution in [0.5, 0.6) is 5.75 Å². The van der Waals surface area contributed by atoms with E-state index in [1.807, 2.05) is 61.5 Å². The molecule has 146 valence electrons. The first-order valence-electron chi connectivity index (χ1n) is 9.15. The first-order chi connectivity index (χ1) is 13.5. The predicted octanol–water partition coefficient (Wildman–Crippen LogP) is 1.65. The Morgan fingerprint density at radius 3 is 2.68 bits per heavy atom. The molecule has 3 rings (SSSR count). The molecule has 2 N–H and O–H groups in total. The third-order valence-corrected chi connectivity index (χ3v) is 4.37. The Hall–Kier alpha value is -3.35. The van der Waals surface area contributed by atoms with Gasteiger partial charge < -0.3 is 15.4 Å². The molecule has 0 aliphatic carbocycles. The Morgan fingerprint density at radius 2 is 1.93 bits per heavy atom. The molecule has 2 aromatic carbocycles.